The Kier molecular flexibility index (Phi) is 5.42. The van der Waals surface area contributed by atoms with Gasteiger partial charge in [-0.2, -0.15) is 0 Å². The topological polar surface area (TPSA) is 67.3 Å². The zero-order chi connectivity index (χ0) is 21.6. The van der Waals surface area contributed by atoms with Crippen molar-refractivity contribution in [2.45, 2.75) is 26.8 Å². The molecule has 2 aromatic carbocycles. The van der Waals surface area contributed by atoms with Gasteiger partial charge in [0.1, 0.15) is 5.92 Å². The van der Waals surface area contributed by atoms with Gasteiger partial charge in [-0.05, 0) is 38.5 Å². The monoisotopic (exact) mass is 482 g/mol. The SMILES string of the molecule is Cc1ccc(C(=O)C2C(=O)C(=O)N(c3nc(C)c(C)s3)C2c2ccc(Br)cc2)cc1. The number of rotatable bonds is 4. The van der Waals surface area contributed by atoms with E-state index in [4.69, 9.17) is 0 Å². The average Bonchev–Trinajstić information content (AvgIpc) is 3.18. The molecule has 2 atom stereocenters. The number of aryl methyl sites for hydroxylation is 3. The Hall–Kier alpha value is -2.64. The van der Waals surface area contributed by atoms with Gasteiger partial charge in [-0.1, -0.05) is 57.9 Å². The summed E-state index contributed by atoms with van der Waals surface area (Å²) in [6, 6.07) is 13.7. The Morgan fingerprint density at radius 1 is 1.00 bits per heavy atom. The van der Waals surface area contributed by atoms with Crippen LogP contribution in [0.5, 0.6) is 0 Å². The zero-order valence-electron chi connectivity index (χ0n) is 16.7. The lowest BCUT2D eigenvalue weighted by Gasteiger charge is -2.25. The molecule has 2 heterocycles. The molecule has 5 nitrogen and oxygen atoms in total. The number of carbonyl (C=O) groups is 3. The van der Waals surface area contributed by atoms with Crippen LogP contribution in [-0.4, -0.2) is 22.5 Å². The van der Waals surface area contributed by atoms with Crippen molar-refractivity contribution in [1.29, 1.82) is 0 Å². The van der Waals surface area contributed by atoms with Gasteiger partial charge in [0, 0.05) is 14.9 Å². The van der Waals surface area contributed by atoms with E-state index in [1.165, 1.54) is 16.2 Å². The summed E-state index contributed by atoms with van der Waals surface area (Å²) in [4.78, 5) is 46.4. The predicted molar refractivity (Wildman–Crippen MR) is 120 cm³/mol. The van der Waals surface area contributed by atoms with Gasteiger partial charge >= 0.3 is 0 Å². The van der Waals surface area contributed by atoms with Gasteiger partial charge in [0.25, 0.3) is 5.91 Å². The third kappa shape index (κ3) is 3.52. The van der Waals surface area contributed by atoms with E-state index < -0.39 is 23.7 Å². The highest BCUT2D eigenvalue weighted by atomic mass is 79.9. The van der Waals surface area contributed by atoms with Crippen LogP contribution in [0.2, 0.25) is 0 Å². The highest BCUT2D eigenvalue weighted by Crippen LogP contribution is 2.43. The van der Waals surface area contributed by atoms with Crippen LogP contribution in [0.15, 0.2) is 53.0 Å². The molecular weight excluding hydrogens is 464 g/mol. The van der Waals surface area contributed by atoms with E-state index in [-0.39, 0.29) is 5.78 Å². The van der Waals surface area contributed by atoms with Crippen LogP contribution in [0.4, 0.5) is 5.13 Å². The summed E-state index contributed by atoms with van der Waals surface area (Å²) >= 11 is 4.77. The molecule has 1 fully saturated rings. The van der Waals surface area contributed by atoms with Gasteiger partial charge in [-0.15, -0.1) is 11.3 Å². The molecule has 1 amide bonds. The second kappa shape index (κ2) is 7.89. The number of anilines is 1. The normalized spacial score (nSPS) is 18.9. The van der Waals surface area contributed by atoms with Crippen molar-refractivity contribution >= 4 is 49.9 Å². The summed E-state index contributed by atoms with van der Waals surface area (Å²) in [6.45, 7) is 5.71. The van der Waals surface area contributed by atoms with Crippen LogP contribution in [0.3, 0.4) is 0 Å². The molecule has 1 saturated heterocycles. The minimum atomic E-state index is -1.12. The van der Waals surface area contributed by atoms with Gasteiger partial charge < -0.3 is 0 Å². The maximum absolute atomic E-state index is 13.4. The Balaban J connectivity index is 1.85. The first kappa shape index (κ1) is 20.6. The number of halogens is 1. The molecule has 152 valence electrons. The van der Waals surface area contributed by atoms with Crippen LogP contribution in [0.25, 0.3) is 0 Å². The number of Topliss-reactive ketones (excluding diaryl/α,β-unsaturated/α-hetero) is 2. The van der Waals surface area contributed by atoms with Crippen LogP contribution < -0.4 is 4.90 Å². The zero-order valence-corrected chi connectivity index (χ0v) is 19.1. The van der Waals surface area contributed by atoms with Gasteiger partial charge in [0.2, 0.25) is 5.78 Å². The fourth-order valence-electron chi connectivity index (χ4n) is 3.60. The second-order valence-electron chi connectivity index (χ2n) is 7.38. The Morgan fingerprint density at radius 2 is 1.63 bits per heavy atom. The summed E-state index contributed by atoms with van der Waals surface area (Å²) in [5.74, 6) is -2.86. The molecule has 1 aromatic heterocycles. The number of hydrogen-bond donors (Lipinski definition) is 0. The van der Waals surface area contributed by atoms with Crippen molar-refractivity contribution in [2.75, 3.05) is 4.90 Å². The number of aromatic nitrogens is 1. The van der Waals surface area contributed by atoms with E-state index in [0.717, 1.165) is 20.6 Å². The first-order valence-electron chi connectivity index (χ1n) is 9.45. The molecule has 4 rings (SSSR count). The predicted octanol–water partition coefficient (Wildman–Crippen LogP) is 4.99. The van der Waals surface area contributed by atoms with E-state index in [2.05, 4.69) is 20.9 Å². The molecule has 0 spiro atoms. The summed E-state index contributed by atoms with van der Waals surface area (Å²) in [5, 5.41) is 0.440. The highest BCUT2D eigenvalue weighted by Gasteiger charge is 2.53. The summed E-state index contributed by atoms with van der Waals surface area (Å²) < 4.78 is 0.871. The molecule has 0 saturated carbocycles. The fraction of sp³-hybridized carbons (Fsp3) is 0.217. The van der Waals surface area contributed by atoms with Crippen LogP contribution in [-0.2, 0) is 9.59 Å². The van der Waals surface area contributed by atoms with E-state index in [1.54, 1.807) is 12.1 Å². The molecule has 0 bridgehead atoms. The van der Waals surface area contributed by atoms with Crippen LogP contribution >= 0.6 is 27.3 Å². The lowest BCUT2D eigenvalue weighted by atomic mass is 9.86. The Morgan fingerprint density at radius 3 is 2.20 bits per heavy atom. The Labute approximate surface area is 186 Å². The average molecular weight is 483 g/mol. The van der Waals surface area contributed by atoms with Crippen molar-refractivity contribution in [3.63, 3.8) is 0 Å². The molecule has 0 N–H and O–H groups in total. The minimum absolute atomic E-state index is 0.353. The number of thiazole rings is 1. The van der Waals surface area contributed by atoms with E-state index in [1.807, 2.05) is 57.2 Å². The first-order chi connectivity index (χ1) is 14.3. The van der Waals surface area contributed by atoms with Crippen LogP contribution in [0, 0.1) is 26.7 Å². The van der Waals surface area contributed by atoms with E-state index in [9.17, 15) is 14.4 Å². The van der Waals surface area contributed by atoms with E-state index in [0.29, 0.717) is 16.3 Å². The minimum Gasteiger partial charge on any atom is -0.293 e. The summed E-state index contributed by atoms with van der Waals surface area (Å²) in [7, 11) is 0. The first-order valence-corrected chi connectivity index (χ1v) is 11.1. The molecule has 0 radical (unpaired) electrons. The number of amides is 1. The number of benzene rings is 2. The van der Waals surface area contributed by atoms with Gasteiger partial charge in [0.15, 0.2) is 10.9 Å². The smallest absolute Gasteiger partial charge is 0.293 e. The van der Waals surface area contributed by atoms with Crippen molar-refractivity contribution in [2.24, 2.45) is 5.92 Å². The molecule has 0 aliphatic carbocycles. The number of nitrogens with zero attached hydrogens (tertiary/aromatic N) is 2. The lowest BCUT2D eigenvalue weighted by molar-refractivity contribution is -0.135. The van der Waals surface area contributed by atoms with Gasteiger partial charge in [0.05, 0.1) is 11.7 Å². The third-order valence-corrected chi connectivity index (χ3v) is 6.96. The van der Waals surface area contributed by atoms with Crippen molar-refractivity contribution in [3.05, 3.63) is 80.3 Å². The maximum Gasteiger partial charge on any atom is 0.297 e. The van der Waals surface area contributed by atoms with Crippen molar-refractivity contribution in [1.82, 2.24) is 4.98 Å². The quantitative estimate of drug-likeness (QED) is 0.298. The molecular formula is C23H19BrN2O3S. The summed E-state index contributed by atoms with van der Waals surface area (Å²) in [6.07, 6.45) is 0. The van der Waals surface area contributed by atoms with Crippen LogP contribution in [0.1, 0.15) is 38.1 Å². The number of ketones is 2. The highest BCUT2D eigenvalue weighted by molar-refractivity contribution is 9.10. The van der Waals surface area contributed by atoms with Gasteiger partial charge in [-0.3, -0.25) is 19.3 Å². The standard InChI is InChI=1S/C23H19BrN2O3S/c1-12-4-6-16(7-5-12)20(27)18-19(15-8-10-17(24)11-9-15)26(22(29)21(18)28)23-25-13(2)14(3)30-23/h4-11,18-19H,1-3H3. The lowest BCUT2D eigenvalue weighted by Crippen LogP contribution is -2.30. The van der Waals surface area contributed by atoms with E-state index >= 15 is 0 Å². The largest absolute Gasteiger partial charge is 0.297 e. The molecule has 2 unspecified atom stereocenters. The fourth-order valence-corrected chi connectivity index (χ4v) is 4.81. The second-order valence-corrected chi connectivity index (χ2v) is 9.48. The molecule has 7 heteroatoms. The molecule has 1 aliphatic rings. The van der Waals surface area contributed by atoms with Crippen molar-refractivity contribution < 1.29 is 14.4 Å². The Bertz CT molecular complexity index is 1130. The molecule has 30 heavy (non-hydrogen) atoms. The molecule has 1 aliphatic heterocycles. The number of carbonyl (C=O) groups excluding carboxylic acids is 3. The maximum atomic E-state index is 13.4. The number of hydrogen-bond acceptors (Lipinski definition) is 5. The van der Waals surface area contributed by atoms with Gasteiger partial charge in [-0.25, -0.2) is 4.98 Å². The molecule has 3 aromatic rings. The van der Waals surface area contributed by atoms with Crippen molar-refractivity contribution in [3.8, 4) is 0 Å². The summed E-state index contributed by atoms with van der Waals surface area (Å²) in [5.41, 5.74) is 2.95. The third-order valence-electron chi connectivity index (χ3n) is 5.36.